The van der Waals surface area contributed by atoms with Gasteiger partial charge in [-0.1, -0.05) is 0 Å². The molecule has 0 fully saturated rings. The lowest BCUT2D eigenvalue weighted by Gasteiger charge is -2.04. The molecule has 2 N–H and O–H groups in total. The Labute approximate surface area is 102 Å². The van der Waals surface area contributed by atoms with Crippen molar-refractivity contribution >= 4 is 21.9 Å². The molecule has 0 spiro atoms. The van der Waals surface area contributed by atoms with Crippen LogP contribution in [0.1, 0.15) is 18.3 Å². The maximum atomic E-state index is 5.51. The SMILES string of the molecule is CCn1nc(C)cc1Cn1nc(N)nc1Br. The standard InChI is InChI=1S/C9H13BrN6/c1-3-15-7(4-6(2)13-15)5-16-8(10)12-9(11)14-16/h4H,3,5H2,1-2H3,(H2,11,14). The molecule has 7 heteroatoms. The van der Waals surface area contributed by atoms with Gasteiger partial charge in [0.15, 0.2) is 4.73 Å². The molecule has 16 heavy (non-hydrogen) atoms. The second kappa shape index (κ2) is 4.25. The van der Waals surface area contributed by atoms with Crippen LogP contribution in [0.5, 0.6) is 0 Å². The van der Waals surface area contributed by atoms with Gasteiger partial charge in [-0.2, -0.15) is 10.1 Å². The maximum absolute atomic E-state index is 5.51. The predicted octanol–water partition coefficient (Wildman–Crippen LogP) is 1.20. The average molecular weight is 285 g/mol. The number of anilines is 1. The molecule has 0 aliphatic rings. The Hall–Kier alpha value is -1.37. The number of halogens is 1. The summed E-state index contributed by atoms with van der Waals surface area (Å²) in [5.74, 6) is 0.270. The number of hydrogen-bond acceptors (Lipinski definition) is 4. The van der Waals surface area contributed by atoms with E-state index >= 15 is 0 Å². The predicted molar refractivity (Wildman–Crippen MR) is 63.9 cm³/mol. The minimum absolute atomic E-state index is 0.270. The first-order valence-corrected chi connectivity index (χ1v) is 5.78. The molecule has 0 radical (unpaired) electrons. The summed E-state index contributed by atoms with van der Waals surface area (Å²) in [5, 5.41) is 8.46. The van der Waals surface area contributed by atoms with E-state index in [1.165, 1.54) is 0 Å². The number of aromatic nitrogens is 5. The van der Waals surface area contributed by atoms with Gasteiger partial charge in [-0.05, 0) is 35.8 Å². The van der Waals surface area contributed by atoms with Gasteiger partial charge >= 0.3 is 0 Å². The highest BCUT2D eigenvalue weighted by atomic mass is 79.9. The summed E-state index contributed by atoms with van der Waals surface area (Å²) in [6, 6.07) is 2.04. The summed E-state index contributed by atoms with van der Waals surface area (Å²) >= 11 is 3.31. The monoisotopic (exact) mass is 284 g/mol. The van der Waals surface area contributed by atoms with E-state index in [-0.39, 0.29) is 5.95 Å². The summed E-state index contributed by atoms with van der Waals surface area (Å²) in [5.41, 5.74) is 7.60. The first-order valence-electron chi connectivity index (χ1n) is 4.99. The normalized spacial score (nSPS) is 10.9. The van der Waals surface area contributed by atoms with Gasteiger partial charge in [0.1, 0.15) is 0 Å². The molecule has 0 aliphatic heterocycles. The number of nitrogens with zero attached hydrogens (tertiary/aromatic N) is 5. The van der Waals surface area contributed by atoms with E-state index in [1.807, 2.05) is 17.7 Å². The van der Waals surface area contributed by atoms with Crippen molar-refractivity contribution < 1.29 is 0 Å². The molecule has 6 nitrogen and oxygen atoms in total. The van der Waals surface area contributed by atoms with Gasteiger partial charge in [-0.3, -0.25) is 4.68 Å². The Bertz CT molecular complexity index is 500. The largest absolute Gasteiger partial charge is 0.366 e. The molecule has 2 aromatic rings. The Morgan fingerprint density at radius 2 is 2.12 bits per heavy atom. The van der Waals surface area contributed by atoms with Crippen LogP contribution in [-0.4, -0.2) is 24.5 Å². The Balaban J connectivity index is 2.29. The smallest absolute Gasteiger partial charge is 0.240 e. The van der Waals surface area contributed by atoms with Gasteiger partial charge in [0.2, 0.25) is 5.95 Å². The van der Waals surface area contributed by atoms with Crippen molar-refractivity contribution in [2.24, 2.45) is 0 Å². The van der Waals surface area contributed by atoms with Gasteiger partial charge in [0, 0.05) is 6.54 Å². The van der Waals surface area contributed by atoms with E-state index in [0.29, 0.717) is 11.3 Å². The van der Waals surface area contributed by atoms with Gasteiger partial charge < -0.3 is 5.73 Å². The van der Waals surface area contributed by atoms with Gasteiger partial charge in [-0.15, -0.1) is 5.10 Å². The van der Waals surface area contributed by atoms with Crippen molar-refractivity contribution in [3.05, 3.63) is 22.2 Å². The molecular formula is C9H13BrN6. The number of aryl methyl sites for hydroxylation is 2. The van der Waals surface area contributed by atoms with Gasteiger partial charge in [0.05, 0.1) is 17.9 Å². The maximum Gasteiger partial charge on any atom is 0.240 e. The van der Waals surface area contributed by atoms with Crippen LogP contribution in [0.15, 0.2) is 10.8 Å². The quantitative estimate of drug-likeness (QED) is 0.919. The highest BCUT2D eigenvalue weighted by Crippen LogP contribution is 2.12. The van der Waals surface area contributed by atoms with Gasteiger partial charge in [0.25, 0.3) is 0 Å². The molecule has 86 valence electrons. The van der Waals surface area contributed by atoms with Crippen LogP contribution in [-0.2, 0) is 13.1 Å². The van der Waals surface area contributed by atoms with E-state index in [0.717, 1.165) is 17.9 Å². The summed E-state index contributed by atoms with van der Waals surface area (Å²) < 4.78 is 4.28. The summed E-state index contributed by atoms with van der Waals surface area (Å²) in [6.45, 7) is 5.48. The minimum atomic E-state index is 0.270. The van der Waals surface area contributed by atoms with E-state index in [2.05, 4.69) is 38.0 Å². The fraction of sp³-hybridized carbons (Fsp3) is 0.444. The molecule has 0 unspecified atom stereocenters. The van der Waals surface area contributed by atoms with E-state index in [4.69, 9.17) is 5.73 Å². The molecule has 0 saturated carbocycles. The van der Waals surface area contributed by atoms with Crippen molar-refractivity contribution in [3.63, 3.8) is 0 Å². The highest BCUT2D eigenvalue weighted by molar-refractivity contribution is 9.10. The van der Waals surface area contributed by atoms with Crippen LogP contribution < -0.4 is 5.73 Å². The van der Waals surface area contributed by atoms with Crippen molar-refractivity contribution in [1.29, 1.82) is 0 Å². The molecule has 0 amide bonds. The number of rotatable bonds is 3. The molecule has 2 heterocycles. The van der Waals surface area contributed by atoms with Crippen molar-refractivity contribution in [3.8, 4) is 0 Å². The van der Waals surface area contributed by atoms with Crippen LogP contribution in [0.3, 0.4) is 0 Å². The highest BCUT2D eigenvalue weighted by Gasteiger charge is 2.09. The molecule has 0 aliphatic carbocycles. The second-order valence-electron chi connectivity index (χ2n) is 3.49. The first-order chi connectivity index (χ1) is 7.60. The lowest BCUT2D eigenvalue weighted by molar-refractivity contribution is 0.569. The summed E-state index contributed by atoms with van der Waals surface area (Å²) in [4.78, 5) is 3.99. The molecule has 0 saturated heterocycles. The summed E-state index contributed by atoms with van der Waals surface area (Å²) in [7, 11) is 0. The lowest BCUT2D eigenvalue weighted by Crippen LogP contribution is -2.09. The van der Waals surface area contributed by atoms with Crippen LogP contribution in [0.25, 0.3) is 0 Å². The Morgan fingerprint density at radius 3 is 2.69 bits per heavy atom. The first kappa shape index (κ1) is 11.1. The lowest BCUT2D eigenvalue weighted by atomic mass is 10.3. The molecule has 0 aromatic carbocycles. The molecular weight excluding hydrogens is 272 g/mol. The summed E-state index contributed by atoms with van der Waals surface area (Å²) in [6.07, 6.45) is 0. The van der Waals surface area contributed by atoms with Crippen LogP contribution in [0.2, 0.25) is 0 Å². The molecule has 2 rings (SSSR count). The molecule has 0 atom stereocenters. The zero-order valence-corrected chi connectivity index (χ0v) is 10.8. The number of nitrogen functional groups attached to an aromatic ring is 1. The zero-order chi connectivity index (χ0) is 11.7. The number of nitrogens with two attached hydrogens (primary N) is 1. The van der Waals surface area contributed by atoms with E-state index in [1.54, 1.807) is 4.68 Å². The van der Waals surface area contributed by atoms with Crippen LogP contribution >= 0.6 is 15.9 Å². The minimum Gasteiger partial charge on any atom is -0.366 e. The third-order valence-electron chi connectivity index (χ3n) is 2.24. The van der Waals surface area contributed by atoms with Crippen molar-refractivity contribution in [2.75, 3.05) is 5.73 Å². The van der Waals surface area contributed by atoms with E-state index in [9.17, 15) is 0 Å². The average Bonchev–Trinajstić information content (AvgIpc) is 2.71. The molecule has 0 bridgehead atoms. The van der Waals surface area contributed by atoms with Gasteiger partial charge in [-0.25, -0.2) is 4.68 Å². The number of hydrogen-bond donors (Lipinski definition) is 1. The second-order valence-corrected chi connectivity index (χ2v) is 4.20. The Morgan fingerprint density at radius 1 is 1.38 bits per heavy atom. The van der Waals surface area contributed by atoms with E-state index < -0.39 is 0 Å². The fourth-order valence-electron chi connectivity index (χ4n) is 1.59. The van der Waals surface area contributed by atoms with Crippen molar-refractivity contribution in [2.45, 2.75) is 26.9 Å². The fourth-order valence-corrected chi connectivity index (χ4v) is 1.98. The Kier molecular flexibility index (Phi) is 2.95. The van der Waals surface area contributed by atoms with Crippen LogP contribution in [0, 0.1) is 6.92 Å². The van der Waals surface area contributed by atoms with Crippen LogP contribution in [0.4, 0.5) is 5.95 Å². The third kappa shape index (κ3) is 2.08. The topological polar surface area (TPSA) is 74.5 Å². The third-order valence-corrected chi connectivity index (χ3v) is 2.83. The molecule has 2 aromatic heterocycles. The zero-order valence-electron chi connectivity index (χ0n) is 9.18. The van der Waals surface area contributed by atoms with Crippen molar-refractivity contribution in [1.82, 2.24) is 24.5 Å².